The molecule has 4 aliphatic rings. The van der Waals surface area contributed by atoms with Gasteiger partial charge in [0.2, 0.25) is 5.91 Å². The van der Waals surface area contributed by atoms with Gasteiger partial charge in [-0.2, -0.15) is 0 Å². The molecule has 1 aromatic carbocycles. The predicted molar refractivity (Wildman–Crippen MR) is 107 cm³/mol. The number of fused-ring (bicyclic) bond motifs is 1. The lowest BCUT2D eigenvalue weighted by molar-refractivity contribution is -0.140. The Hall–Kier alpha value is -2.10. The second-order valence-corrected chi connectivity index (χ2v) is 9.01. The molecule has 4 aliphatic carbocycles. The minimum Gasteiger partial charge on any atom is -0.491 e. The summed E-state index contributed by atoms with van der Waals surface area (Å²) >= 11 is 0. The van der Waals surface area contributed by atoms with E-state index in [9.17, 15) is 4.79 Å². The number of carbonyl (C=O) groups is 1. The molecule has 0 saturated heterocycles. The van der Waals surface area contributed by atoms with Crippen LogP contribution >= 0.6 is 0 Å². The third-order valence-electron chi connectivity index (χ3n) is 6.96. The number of hydrogen-bond acceptors (Lipinski definition) is 3. The summed E-state index contributed by atoms with van der Waals surface area (Å²) in [6.07, 6.45) is 10.0. The van der Waals surface area contributed by atoms with Gasteiger partial charge in [-0.3, -0.25) is 9.78 Å². The highest BCUT2D eigenvalue weighted by Gasteiger charge is 2.54. The molecule has 142 valence electrons. The lowest BCUT2D eigenvalue weighted by Gasteiger charge is -2.55. The van der Waals surface area contributed by atoms with Gasteiger partial charge >= 0.3 is 0 Å². The number of rotatable bonds is 5. The first-order valence-electron chi connectivity index (χ1n) is 10.5. The Labute approximate surface area is 160 Å². The number of ether oxygens (including phenoxy) is 1. The van der Waals surface area contributed by atoms with Gasteiger partial charge in [0.25, 0.3) is 0 Å². The zero-order valence-corrected chi connectivity index (χ0v) is 16.0. The van der Waals surface area contributed by atoms with E-state index < -0.39 is 0 Å². The highest BCUT2D eigenvalue weighted by molar-refractivity contribution is 6.04. The molecular formula is C23H28N2O2. The van der Waals surface area contributed by atoms with E-state index in [1.165, 1.54) is 19.3 Å². The molecule has 2 aromatic rings. The molecule has 6 rings (SSSR count). The number of pyridine rings is 1. The van der Waals surface area contributed by atoms with Gasteiger partial charge in [-0.1, -0.05) is 6.92 Å². The van der Waals surface area contributed by atoms with Gasteiger partial charge in [-0.25, -0.2) is 0 Å². The fraction of sp³-hybridized carbons (Fsp3) is 0.565. The van der Waals surface area contributed by atoms with E-state index in [1.807, 2.05) is 24.3 Å². The molecule has 4 heteroatoms. The Morgan fingerprint density at radius 3 is 2.52 bits per heavy atom. The molecule has 0 unspecified atom stereocenters. The van der Waals surface area contributed by atoms with Crippen molar-refractivity contribution in [3.05, 3.63) is 30.5 Å². The topological polar surface area (TPSA) is 51.2 Å². The van der Waals surface area contributed by atoms with Crippen LogP contribution in [0, 0.1) is 23.2 Å². The largest absolute Gasteiger partial charge is 0.491 e. The highest BCUT2D eigenvalue weighted by atomic mass is 16.5. The maximum absolute atomic E-state index is 13.4. The van der Waals surface area contributed by atoms with Crippen LogP contribution in [0.3, 0.4) is 0 Å². The minimum absolute atomic E-state index is 0.138. The summed E-state index contributed by atoms with van der Waals surface area (Å²) in [7, 11) is 0. The smallest absolute Gasteiger partial charge is 0.230 e. The van der Waals surface area contributed by atoms with Gasteiger partial charge in [0.15, 0.2) is 0 Å². The summed E-state index contributed by atoms with van der Waals surface area (Å²) < 4.78 is 5.85. The maximum atomic E-state index is 13.4. The zero-order chi connectivity index (χ0) is 18.4. The standard InChI is InChI=1S/C23H28N2O2/c1-2-8-27-20-6-5-19(18-4-3-7-24-21(18)20)25-22(26)23-12-15-9-16(13-23)11-17(10-15)14-23/h3-7,15-17H,2,8-14H2,1H3,(H,25,26). The predicted octanol–water partition coefficient (Wildman–Crippen LogP) is 5.18. The van der Waals surface area contributed by atoms with Gasteiger partial charge in [0, 0.05) is 11.6 Å². The van der Waals surface area contributed by atoms with E-state index in [-0.39, 0.29) is 11.3 Å². The van der Waals surface area contributed by atoms with Crippen molar-refractivity contribution in [2.75, 3.05) is 11.9 Å². The van der Waals surface area contributed by atoms with Crippen molar-refractivity contribution in [2.45, 2.75) is 51.9 Å². The summed E-state index contributed by atoms with van der Waals surface area (Å²) in [6.45, 7) is 2.76. The minimum atomic E-state index is -0.138. The SMILES string of the molecule is CCCOc1ccc(NC(=O)C23CC4CC(CC(C4)C2)C3)c2cccnc12. The number of carbonyl (C=O) groups excluding carboxylic acids is 1. The van der Waals surface area contributed by atoms with Crippen molar-refractivity contribution in [2.24, 2.45) is 23.2 Å². The summed E-state index contributed by atoms with van der Waals surface area (Å²) in [6, 6.07) is 7.87. The number of nitrogens with zero attached hydrogens (tertiary/aromatic N) is 1. The van der Waals surface area contributed by atoms with Crippen LogP contribution < -0.4 is 10.1 Å². The first-order chi connectivity index (χ1) is 13.2. The van der Waals surface area contributed by atoms with E-state index in [4.69, 9.17) is 4.74 Å². The van der Waals surface area contributed by atoms with Crippen LogP contribution in [0.2, 0.25) is 0 Å². The Kier molecular flexibility index (Phi) is 4.10. The van der Waals surface area contributed by atoms with Crippen LogP contribution in [0.25, 0.3) is 10.9 Å². The lowest BCUT2D eigenvalue weighted by Crippen LogP contribution is -2.51. The van der Waals surface area contributed by atoms with Gasteiger partial charge < -0.3 is 10.1 Å². The third kappa shape index (κ3) is 2.90. The maximum Gasteiger partial charge on any atom is 0.230 e. The Morgan fingerprint density at radius 1 is 1.15 bits per heavy atom. The first kappa shape index (κ1) is 17.0. The summed E-state index contributed by atoms with van der Waals surface area (Å²) in [5, 5.41) is 4.25. The summed E-state index contributed by atoms with van der Waals surface area (Å²) in [5.74, 6) is 3.33. The molecule has 0 spiro atoms. The van der Waals surface area contributed by atoms with Crippen molar-refractivity contribution < 1.29 is 9.53 Å². The van der Waals surface area contributed by atoms with Crippen molar-refractivity contribution in [1.82, 2.24) is 4.98 Å². The number of hydrogen-bond donors (Lipinski definition) is 1. The average Bonchev–Trinajstić information content (AvgIpc) is 2.66. The van der Waals surface area contributed by atoms with Crippen LogP contribution in [0.15, 0.2) is 30.5 Å². The molecule has 4 bridgehead atoms. The van der Waals surface area contributed by atoms with E-state index in [1.54, 1.807) is 6.20 Å². The molecule has 4 saturated carbocycles. The zero-order valence-electron chi connectivity index (χ0n) is 16.0. The molecule has 1 aromatic heterocycles. The normalized spacial score (nSPS) is 31.2. The van der Waals surface area contributed by atoms with E-state index in [2.05, 4.69) is 17.2 Å². The molecule has 0 aliphatic heterocycles. The van der Waals surface area contributed by atoms with Crippen molar-refractivity contribution >= 4 is 22.5 Å². The third-order valence-corrected chi connectivity index (χ3v) is 6.96. The van der Waals surface area contributed by atoms with Crippen molar-refractivity contribution in [3.63, 3.8) is 0 Å². The molecule has 1 amide bonds. The Bertz CT molecular complexity index is 841. The quantitative estimate of drug-likeness (QED) is 0.795. The van der Waals surface area contributed by atoms with E-state index in [0.717, 1.165) is 65.8 Å². The van der Waals surface area contributed by atoms with Crippen LogP contribution in [0.1, 0.15) is 51.9 Å². The monoisotopic (exact) mass is 364 g/mol. The fourth-order valence-electron chi connectivity index (χ4n) is 6.23. The Balaban J connectivity index is 1.44. The number of aromatic nitrogens is 1. The lowest BCUT2D eigenvalue weighted by atomic mass is 9.49. The number of benzene rings is 1. The molecule has 0 atom stereocenters. The van der Waals surface area contributed by atoms with Gasteiger partial charge in [0.05, 0.1) is 17.7 Å². The van der Waals surface area contributed by atoms with Crippen LogP contribution in [0.4, 0.5) is 5.69 Å². The number of anilines is 1. The Morgan fingerprint density at radius 2 is 1.85 bits per heavy atom. The summed E-state index contributed by atoms with van der Waals surface area (Å²) in [4.78, 5) is 17.9. The van der Waals surface area contributed by atoms with Gasteiger partial charge in [0.1, 0.15) is 11.3 Å². The van der Waals surface area contributed by atoms with Crippen LogP contribution in [-0.2, 0) is 4.79 Å². The van der Waals surface area contributed by atoms with Crippen molar-refractivity contribution in [3.8, 4) is 5.75 Å². The first-order valence-corrected chi connectivity index (χ1v) is 10.5. The molecular weight excluding hydrogens is 336 g/mol. The molecule has 1 N–H and O–H groups in total. The number of amides is 1. The van der Waals surface area contributed by atoms with Crippen molar-refractivity contribution in [1.29, 1.82) is 0 Å². The summed E-state index contributed by atoms with van der Waals surface area (Å²) in [5.41, 5.74) is 1.55. The average molecular weight is 364 g/mol. The highest BCUT2D eigenvalue weighted by Crippen LogP contribution is 2.60. The second-order valence-electron chi connectivity index (χ2n) is 9.01. The second kappa shape index (κ2) is 6.50. The molecule has 4 nitrogen and oxygen atoms in total. The molecule has 27 heavy (non-hydrogen) atoms. The fourth-order valence-corrected chi connectivity index (χ4v) is 6.23. The van der Waals surface area contributed by atoms with E-state index >= 15 is 0 Å². The molecule has 0 radical (unpaired) electrons. The van der Waals surface area contributed by atoms with E-state index in [0.29, 0.717) is 6.61 Å². The molecule has 4 fully saturated rings. The van der Waals surface area contributed by atoms with Gasteiger partial charge in [-0.15, -0.1) is 0 Å². The van der Waals surface area contributed by atoms with Crippen LogP contribution in [-0.4, -0.2) is 17.5 Å². The molecule has 1 heterocycles. The van der Waals surface area contributed by atoms with Gasteiger partial charge in [-0.05, 0) is 87.0 Å². The van der Waals surface area contributed by atoms with Crippen LogP contribution in [0.5, 0.6) is 5.75 Å². The number of nitrogens with one attached hydrogen (secondary N) is 1.